The zero-order valence-corrected chi connectivity index (χ0v) is 10.2. The van der Waals surface area contributed by atoms with Crippen molar-refractivity contribution in [3.63, 3.8) is 0 Å². The number of nitro benzene ring substituents is 1. The third-order valence-electron chi connectivity index (χ3n) is 3.37. The van der Waals surface area contributed by atoms with Crippen LogP contribution < -0.4 is 5.32 Å². The smallest absolute Gasteiger partial charge is 0.305 e. The van der Waals surface area contributed by atoms with E-state index < -0.39 is 27.8 Å². The SMILES string of the molecule is O=[N+]([O-])c1cc(CNCC2(O)CCC2)c(F)cc1F. The van der Waals surface area contributed by atoms with Gasteiger partial charge in [0.05, 0.1) is 10.5 Å². The molecule has 0 unspecified atom stereocenters. The molecule has 19 heavy (non-hydrogen) atoms. The van der Waals surface area contributed by atoms with E-state index in [1.165, 1.54) is 0 Å². The quantitative estimate of drug-likeness (QED) is 0.634. The monoisotopic (exact) mass is 272 g/mol. The minimum Gasteiger partial charge on any atom is -0.389 e. The van der Waals surface area contributed by atoms with Crippen molar-refractivity contribution >= 4 is 5.69 Å². The van der Waals surface area contributed by atoms with Crippen LogP contribution in [0.4, 0.5) is 14.5 Å². The lowest BCUT2D eigenvalue weighted by atomic mass is 9.80. The molecule has 2 N–H and O–H groups in total. The van der Waals surface area contributed by atoms with E-state index in [1.807, 2.05) is 0 Å². The number of benzene rings is 1. The number of hydrogen-bond donors (Lipinski definition) is 2. The summed E-state index contributed by atoms with van der Waals surface area (Å²) in [5.41, 5.74) is -1.50. The second-order valence-corrected chi connectivity index (χ2v) is 4.83. The fourth-order valence-electron chi connectivity index (χ4n) is 2.05. The normalized spacial score (nSPS) is 17.0. The summed E-state index contributed by atoms with van der Waals surface area (Å²) in [5, 5.41) is 23.2. The molecule has 0 bridgehead atoms. The molecule has 1 aromatic rings. The standard InChI is InChI=1S/C12H14F2N2O3/c13-9-5-10(14)11(16(18)19)4-8(9)6-15-7-12(17)2-1-3-12/h4-5,15,17H,1-3,6-7H2. The number of nitrogens with one attached hydrogen (secondary N) is 1. The van der Waals surface area contributed by atoms with Gasteiger partial charge in [-0.1, -0.05) is 0 Å². The van der Waals surface area contributed by atoms with Crippen molar-refractivity contribution in [1.29, 1.82) is 0 Å². The second-order valence-electron chi connectivity index (χ2n) is 4.83. The molecule has 1 saturated carbocycles. The van der Waals surface area contributed by atoms with Gasteiger partial charge >= 0.3 is 5.69 Å². The molecule has 0 radical (unpaired) electrons. The summed E-state index contributed by atoms with van der Waals surface area (Å²) >= 11 is 0. The fourth-order valence-corrected chi connectivity index (χ4v) is 2.05. The van der Waals surface area contributed by atoms with Gasteiger partial charge < -0.3 is 10.4 Å². The van der Waals surface area contributed by atoms with Crippen molar-refractivity contribution in [3.8, 4) is 0 Å². The second kappa shape index (κ2) is 5.18. The number of hydrogen-bond acceptors (Lipinski definition) is 4. The average Bonchev–Trinajstić information content (AvgIpc) is 2.29. The zero-order valence-electron chi connectivity index (χ0n) is 10.2. The number of aliphatic hydroxyl groups is 1. The topological polar surface area (TPSA) is 75.4 Å². The van der Waals surface area contributed by atoms with E-state index >= 15 is 0 Å². The Morgan fingerprint density at radius 1 is 1.37 bits per heavy atom. The summed E-state index contributed by atoms with van der Waals surface area (Å²) in [4.78, 5) is 9.67. The average molecular weight is 272 g/mol. The number of rotatable bonds is 5. The molecule has 1 aliphatic rings. The third kappa shape index (κ3) is 3.05. The van der Waals surface area contributed by atoms with Gasteiger partial charge in [-0.25, -0.2) is 4.39 Å². The molecule has 0 amide bonds. The highest BCUT2D eigenvalue weighted by molar-refractivity contribution is 5.37. The van der Waals surface area contributed by atoms with Gasteiger partial charge in [0.15, 0.2) is 0 Å². The molecule has 7 heteroatoms. The van der Waals surface area contributed by atoms with E-state index in [9.17, 15) is 24.0 Å². The lowest BCUT2D eigenvalue weighted by molar-refractivity contribution is -0.387. The van der Waals surface area contributed by atoms with E-state index in [4.69, 9.17) is 0 Å². The van der Waals surface area contributed by atoms with Crippen LogP contribution in [0.2, 0.25) is 0 Å². The van der Waals surface area contributed by atoms with Crippen LogP contribution in [0.1, 0.15) is 24.8 Å². The first-order valence-electron chi connectivity index (χ1n) is 5.97. The van der Waals surface area contributed by atoms with Crippen molar-refractivity contribution in [3.05, 3.63) is 39.4 Å². The van der Waals surface area contributed by atoms with E-state index in [2.05, 4.69) is 5.32 Å². The Kier molecular flexibility index (Phi) is 3.77. The molecule has 1 aliphatic carbocycles. The molecule has 0 heterocycles. The fraction of sp³-hybridized carbons (Fsp3) is 0.500. The van der Waals surface area contributed by atoms with Crippen molar-refractivity contribution in [2.45, 2.75) is 31.4 Å². The summed E-state index contributed by atoms with van der Waals surface area (Å²) in [6, 6.07) is 1.38. The Balaban J connectivity index is 2.03. The molecule has 5 nitrogen and oxygen atoms in total. The first-order chi connectivity index (χ1) is 8.91. The maximum absolute atomic E-state index is 13.4. The van der Waals surface area contributed by atoms with Crippen LogP contribution in [0.5, 0.6) is 0 Å². The molecule has 0 atom stereocenters. The maximum Gasteiger partial charge on any atom is 0.305 e. The molecule has 1 aromatic carbocycles. The molecule has 0 aliphatic heterocycles. The van der Waals surface area contributed by atoms with Gasteiger partial charge in [-0.05, 0) is 19.3 Å². The number of halogens is 2. The summed E-state index contributed by atoms with van der Waals surface area (Å²) in [7, 11) is 0. The number of nitrogens with zero attached hydrogens (tertiary/aromatic N) is 1. The highest BCUT2D eigenvalue weighted by atomic mass is 19.1. The van der Waals surface area contributed by atoms with Gasteiger partial charge in [0.1, 0.15) is 5.82 Å². The predicted octanol–water partition coefficient (Wildman–Crippen LogP) is 1.88. The Labute approximate surface area is 108 Å². The van der Waals surface area contributed by atoms with Crippen molar-refractivity contribution in [1.82, 2.24) is 5.32 Å². The van der Waals surface area contributed by atoms with Crippen LogP contribution >= 0.6 is 0 Å². The highest BCUT2D eigenvalue weighted by Crippen LogP contribution is 2.30. The molecule has 104 valence electrons. The van der Waals surface area contributed by atoms with E-state index in [0.29, 0.717) is 18.9 Å². The molecule has 2 rings (SSSR count). The van der Waals surface area contributed by atoms with Crippen LogP contribution in [0.15, 0.2) is 12.1 Å². The summed E-state index contributed by atoms with van der Waals surface area (Å²) in [5.74, 6) is -2.03. The van der Waals surface area contributed by atoms with Gasteiger partial charge in [-0.3, -0.25) is 10.1 Å². The zero-order chi connectivity index (χ0) is 14.0. The molecule has 0 saturated heterocycles. The predicted molar refractivity (Wildman–Crippen MR) is 63.5 cm³/mol. The summed E-state index contributed by atoms with van der Waals surface area (Å²) < 4.78 is 26.6. The molecule has 0 spiro atoms. The summed E-state index contributed by atoms with van der Waals surface area (Å²) in [6.07, 6.45) is 2.33. The van der Waals surface area contributed by atoms with Crippen molar-refractivity contribution < 1.29 is 18.8 Å². The Hall–Kier alpha value is -1.60. The third-order valence-corrected chi connectivity index (χ3v) is 3.37. The molecule has 1 fully saturated rings. The highest BCUT2D eigenvalue weighted by Gasteiger charge is 2.33. The van der Waals surface area contributed by atoms with Gasteiger partial charge in [-0.15, -0.1) is 0 Å². The van der Waals surface area contributed by atoms with Crippen molar-refractivity contribution in [2.75, 3.05) is 6.54 Å². The first kappa shape index (κ1) is 13.8. The van der Waals surface area contributed by atoms with Gasteiger partial charge in [0.2, 0.25) is 5.82 Å². The minimum absolute atomic E-state index is 0.00919. The van der Waals surface area contributed by atoms with Crippen LogP contribution in [-0.2, 0) is 6.54 Å². The minimum atomic E-state index is -1.19. The van der Waals surface area contributed by atoms with Crippen LogP contribution in [-0.4, -0.2) is 22.2 Å². The lowest BCUT2D eigenvalue weighted by Crippen LogP contribution is -2.46. The van der Waals surface area contributed by atoms with E-state index in [-0.39, 0.29) is 18.7 Å². The van der Waals surface area contributed by atoms with Gasteiger partial charge in [0.25, 0.3) is 0 Å². The first-order valence-corrected chi connectivity index (χ1v) is 5.97. The summed E-state index contributed by atoms with van der Waals surface area (Å²) in [6.45, 7) is 0.298. The number of nitro groups is 1. The van der Waals surface area contributed by atoms with Crippen molar-refractivity contribution in [2.24, 2.45) is 0 Å². The van der Waals surface area contributed by atoms with E-state index in [0.717, 1.165) is 12.5 Å². The van der Waals surface area contributed by atoms with Crippen LogP contribution in [0, 0.1) is 21.7 Å². The Bertz CT molecular complexity index is 504. The van der Waals surface area contributed by atoms with E-state index in [1.54, 1.807) is 0 Å². The lowest BCUT2D eigenvalue weighted by Gasteiger charge is -2.36. The molecular formula is C12H14F2N2O3. The van der Waals surface area contributed by atoms with Gasteiger partial charge in [-0.2, -0.15) is 4.39 Å². The van der Waals surface area contributed by atoms with Crippen LogP contribution in [0.3, 0.4) is 0 Å². The van der Waals surface area contributed by atoms with Crippen LogP contribution in [0.25, 0.3) is 0 Å². The molecular weight excluding hydrogens is 258 g/mol. The largest absolute Gasteiger partial charge is 0.389 e. The molecule has 0 aromatic heterocycles. The Morgan fingerprint density at radius 2 is 2.05 bits per heavy atom. The Morgan fingerprint density at radius 3 is 2.58 bits per heavy atom. The van der Waals surface area contributed by atoms with Gasteiger partial charge in [0, 0.05) is 30.8 Å². The maximum atomic E-state index is 13.4.